The molecule has 0 bridgehead atoms. The summed E-state index contributed by atoms with van der Waals surface area (Å²) in [4.78, 5) is 3.95. The van der Waals surface area contributed by atoms with Gasteiger partial charge in [0.25, 0.3) is 0 Å². The second-order valence-electron chi connectivity index (χ2n) is 13.7. The first-order chi connectivity index (χ1) is 27.0. The van der Waals surface area contributed by atoms with Crippen LogP contribution in [0, 0.1) is 0 Å². The Bertz CT molecular complexity index is 1580. The standard InChI is InChI=1S/C23H34N3O2.C23H33N2O2/c24-13-3-1-2-4-14-25-15-11-22(12-16-25)6-5-21-7-9-23(10-8-21)26(17-19-27)18-20-28;1-2-3-4-5-14-24-15-12-22(13-16-24)7-6-21-8-10-23(11-9-21)25(17-19-26)18-20-27/h5-12,15-16,27-28H,1-4,13-14,17-20,24H2;6-13,15-16,26-27H,2-5,14,17-20H2,1H3/q2*+1. The average molecular weight is 754 g/mol. The van der Waals surface area contributed by atoms with Crippen molar-refractivity contribution in [3.8, 4) is 0 Å². The molecular formula is C46H67N5O4+2. The van der Waals surface area contributed by atoms with Gasteiger partial charge >= 0.3 is 0 Å². The zero-order chi connectivity index (χ0) is 39.4. The van der Waals surface area contributed by atoms with Gasteiger partial charge in [-0.2, -0.15) is 0 Å². The molecule has 55 heavy (non-hydrogen) atoms. The van der Waals surface area contributed by atoms with Crippen LogP contribution in [0.4, 0.5) is 11.4 Å². The van der Waals surface area contributed by atoms with Gasteiger partial charge < -0.3 is 36.0 Å². The molecule has 0 fully saturated rings. The third-order valence-corrected chi connectivity index (χ3v) is 9.41. The Labute approximate surface area is 330 Å². The number of anilines is 2. The lowest BCUT2D eigenvalue weighted by Crippen LogP contribution is -2.32. The van der Waals surface area contributed by atoms with E-state index in [4.69, 9.17) is 26.2 Å². The van der Waals surface area contributed by atoms with Crippen molar-refractivity contribution >= 4 is 35.7 Å². The highest BCUT2D eigenvalue weighted by Gasteiger charge is 2.06. The fourth-order valence-electron chi connectivity index (χ4n) is 6.17. The number of hydrogen-bond acceptors (Lipinski definition) is 7. The van der Waals surface area contributed by atoms with Crippen LogP contribution in [-0.2, 0) is 13.1 Å². The van der Waals surface area contributed by atoms with Crippen molar-refractivity contribution in [2.24, 2.45) is 5.73 Å². The van der Waals surface area contributed by atoms with Gasteiger partial charge in [-0.05, 0) is 72.3 Å². The first-order valence-electron chi connectivity index (χ1n) is 20.2. The minimum atomic E-state index is 0.0728. The highest BCUT2D eigenvalue weighted by atomic mass is 16.3. The molecule has 2 aromatic heterocycles. The Morgan fingerprint density at radius 3 is 1.11 bits per heavy atom. The normalized spacial score (nSPS) is 11.2. The number of rotatable bonds is 25. The molecule has 0 aliphatic rings. The maximum Gasteiger partial charge on any atom is 0.169 e. The van der Waals surface area contributed by atoms with Gasteiger partial charge in [0.15, 0.2) is 24.8 Å². The third kappa shape index (κ3) is 18.2. The van der Waals surface area contributed by atoms with Gasteiger partial charge in [-0.15, -0.1) is 0 Å². The predicted molar refractivity (Wildman–Crippen MR) is 228 cm³/mol. The van der Waals surface area contributed by atoms with E-state index in [-0.39, 0.29) is 26.4 Å². The molecular weight excluding hydrogens is 687 g/mol. The van der Waals surface area contributed by atoms with Crippen LogP contribution >= 0.6 is 0 Å². The molecule has 0 unspecified atom stereocenters. The van der Waals surface area contributed by atoms with Crippen molar-refractivity contribution in [1.29, 1.82) is 0 Å². The van der Waals surface area contributed by atoms with Gasteiger partial charge in [-0.25, -0.2) is 9.13 Å². The Morgan fingerprint density at radius 1 is 0.455 bits per heavy atom. The van der Waals surface area contributed by atoms with Gasteiger partial charge in [-0.3, -0.25) is 0 Å². The van der Waals surface area contributed by atoms with Crippen LogP contribution in [0.15, 0.2) is 97.6 Å². The first-order valence-corrected chi connectivity index (χ1v) is 20.2. The molecule has 0 saturated carbocycles. The Kier molecular flexibility index (Phi) is 23.0. The van der Waals surface area contributed by atoms with Crippen molar-refractivity contribution in [3.63, 3.8) is 0 Å². The third-order valence-electron chi connectivity index (χ3n) is 9.41. The summed E-state index contributed by atoms with van der Waals surface area (Å²) in [6.45, 7) is 7.56. The molecule has 4 rings (SSSR count). The van der Waals surface area contributed by atoms with Crippen LogP contribution in [0.3, 0.4) is 0 Å². The van der Waals surface area contributed by atoms with Gasteiger partial charge in [0.05, 0.1) is 26.4 Å². The smallest absolute Gasteiger partial charge is 0.169 e. The molecule has 0 radical (unpaired) electrons. The summed E-state index contributed by atoms with van der Waals surface area (Å²) < 4.78 is 4.48. The number of benzene rings is 2. The van der Waals surface area contributed by atoms with Crippen LogP contribution in [0.1, 0.15) is 80.5 Å². The van der Waals surface area contributed by atoms with Crippen LogP contribution in [0.25, 0.3) is 24.3 Å². The van der Waals surface area contributed by atoms with E-state index in [9.17, 15) is 0 Å². The van der Waals surface area contributed by atoms with Gasteiger partial charge in [0, 0.05) is 74.7 Å². The zero-order valence-corrected chi connectivity index (χ0v) is 33.1. The monoisotopic (exact) mass is 754 g/mol. The van der Waals surface area contributed by atoms with Gasteiger partial charge in [-0.1, -0.05) is 74.8 Å². The molecule has 0 aliphatic carbocycles. The molecule has 6 N–H and O–H groups in total. The summed E-state index contributed by atoms with van der Waals surface area (Å²) in [6, 6.07) is 24.9. The number of hydrogen-bond donors (Lipinski definition) is 5. The van der Waals surface area contributed by atoms with E-state index in [1.165, 1.54) is 56.1 Å². The predicted octanol–water partition coefficient (Wildman–Crippen LogP) is 5.97. The van der Waals surface area contributed by atoms with Crippen molar-refractivity contribution in [2.45, 2.75) is 71.4 Å². The number of pyridine rings is 2. The first kappa shape index (κ1) is 45.0. The highest BCUT2D eigenvalue weighted by Crippen LogP contribution is 2.18. The maximum atomic E-state index is 9.15. The molecule has 9 heteroatoms. The van der Waals surface area contributed by atoms with E-state index < -0.39 is 0 Å². The topological polar surface area (TPSA) is 121 Å². The average Bonchev–Trinajstić information content (AvgIpc) is 3.22. The summed E-state index contributed by atoms with van der Waals surface area (Å²) >= 11 is 0. The van der Waals surface area contributed by atoms with E-state index in [0.717, 1.165) is 48.6 Å². The van der Waals surface area contributed by atoms with Crippen molar-refractivity contribution < 1.29 is 29.6 Å². The molecule has 4 aromatic rings. The minimum absolute atomic E-state index is 0.0728. The minimum Gasteiger partial charge on any atom is -0.395 e. The van der Waals surface area contributed by atoms with E-state index in [0.29, 0.717) is 26.2 Å². The second-order valence-corrected chi connectivity index (χ2v) is 13.7. The Morgan fingerprint density at radius 2 is 0.782 bits per heavy atom. The lowest BCUT2D eigenvalue weighted by Gasteiger charge is -2.22. The Balaban J connectivity index is 0.000000296. The lowest BCUT2D eigenvalue weighted by atomic mass is 10.1. The maximum absolute atomic E-state index is 9.15. The van der Waals surface area contributed by atoms with Crippen LogP contribution in [0.2, 0.25) is 0 Å². The second kappa shape index (κ2) is 28.1. The molecule has 0 saturated heterocycles. The number of unbranched alkanes of at least 4 members (excludes halogenated alkanes) is 6. The fourth-order valence-corrected chi connectivity index (χ4v) is 6.17. The van der Waals surface area contributed by atoms with Crippen molar-refractivity contribution in [3.05, 3.63) is 120 Å². The largest absolute Gasteiger partial charge is 0.395 e. The van der Waals surface area contributed by atoms with Crippen LogP contribution in [-0.4, -0.2) is 79.6 Å². The lowest BCUT2D eigenvalue weighted by molar-refractivity contribution is -0.697. The quantitative estimate of drug-likeness (QED) is 0.0418. The summed E-state index contributed by atoms with van der Waals surface area (Å²) in [6.07, 6.45) is 26.9. The van der Waals surface area contributed by atoms with Crippen LogP contribution < -0.4 is 24.7 Å². The number of aromatic nitrogens is 2. The summed E-state index contributed by atoms with van der Waals surface area (Å²) in [5, 5.41) is 36.6. The molecule has 2 aromatic carbocycles. The number of aryl methyl sites for hydroxylation is 2. The molecule has 0 atom stereocenters. The Hall–Kier alpha value is -4.38. The van der Waals surface area contributed by atoms with E-state index in [1.54, 1.807) is 0 Å². The summed E-state index contributed by atoms with van der Waals surface area (Å²) in [5.74, 6) is 0. The zero-order valence-electron chi connectivity index (χ0n) is 33.1. The van der Waals surface area contributed by atoms with Crippen molar-refractivity contribution in [2.75, 3.05) is 69.0 Å². The molecule has 9 nitrogen and oxygen atoms in total. The fraction of sp³-hybridized carbons (Fsp3) is 0.435. The van der Waals surface area contributed by atoms with Gasteiger partial charge in [0.2, 0.25) is 0 Å². The molecule has 2 heterocycles. The van der Waals surface area contributed by atoms with Crippen LogP contribution in [0.5, 0.6) is 0 Å². The molecule has 0 amide bonds. The van der Waals surface area contributed by atoms with E-state index in [2.05, 4.69) is 114 Å². The molecule has 298 valence electrons. The van der Waals surface area contributed by atoms with Crippen molar-refractivity contribution in [1.82, 2.24) is 0 Å². The number of aliphatic hydroxyl groups is 4. The number of nitrogens with zero attached hydrogens (tertiary/aromatic N) is 4. The summed E-state index contributed by atoms with van der Waals surface area (Å²) in [5.41, 5.74) is 12.1. The number of nitrogens with two attached hydrogens (primary N) is 1. The number of aliphatic hydroxyl groups excluding tert-OH is 4. The summed E-state index contributed by atoms with van der Waals surface area (Å²) in [7, 11) is 0. The SMILES string of the molecule is CCCCCC[n+]1ccc(/C=C/c2ccc(N(CCO)CCO)cc2)cc1.NCCCCCC[n+]1ccc(/C=C/c2ccc(N(CCO)CCO)cc2)cc1. The highest BCUT2D eigenvalue weighted by molar-refractivity contribution is 5.71. The van der Waals surface area contributed by atoms with E-state index >= 15 is 0 Å². The van der Waals surface area contributed by atoms with Gasteiger partial charge in [0.1, 0.15) is 13.1 Å². The molecule has 0 spiro atoms. The molecule has 0 aliphatic heterocycles. The van der Waals surface area contributed by atoms with E-state index in [1.807, 2.05) is 34.1 Å².